The van der Waals surface area contributed by atoms with Gasteiger partial charge in [-0.3, -0.25) is 0 Å². The Labute approximate surface area is 102 Å². The van der Waals surface area contributed by atoms with Crippen LogP contribution in [0.15, 0.2) is 12.1 Å². The van der Waals surface area contributed by atoms with Crippen molar-refractivity contribution in [2.45, 2.75) is 25.5 Å². The smallest absolute Gasteiger partial charge is 0.162 e. The molecule has 0 amide bonds. The minimum absolute atomic E-state index is 0.112. The van der Waals surface area contributed by atoms with Crippen LogP contribution in [-0.2, 0) is 4.74 Å². The first-order chi connectivity index (χ1) is 8.19. The Bertz CT molecular complexity index is 406. The summed E-state index contributed by atoms with van der Waals surface area (Å²) in [5.41, 5.74) is 2.19. The molecule has 0 radical (unpaired) electrons. The van der Waals surface area contributed by atoms with Crippen molar-refractivity contribution in [3.05, 3.63) is 17.7 Å². The van der Waals surface area contributed by atoms with Crippen molar-refractivity contribution in [2.75, 3.05) is 26.6 Å². The molecule has 0 saturated heterocycles. The zero-order valence-electron chi connectivity index (χ0n) is 10.7. The zero-order chi connectivity index (χ0) is 12.4. The number of methoxy groups -OCH3 is 3. The van der Waals surface area contributed by atoms with Gasteiger partial charge in [-0.1, -0.05) is 0 Å². The van der Waals surface area contributed by atoms with E-state index in [2.05, 4.69) is 12.2 Å². The predicted octanol–water partition coefficient (Wildman–Crippen LogP) is 2.60. The Hall–Kier alpha value is -1.42. The summed E-state index contributed by atoms with van der Waals surface area (Å²) in [5, 5.41) is 3.43. The monoisotopic (exact) mass is 237 g/mol. The van der Waals surface area contributed by atoms with E-state index in [4.69, 9.17) is 14.2 Å². The molecule has 2 unspecified atom stereocenters. The Balaban J connectivity index is 2.47. The van der Waals surface area contributed by atoms with Gasteiger partial charge in [0, 0.05) is 30.5 Å². The highest BCUT2D eigenvalue weighted by molar-refractivity contribution is 5.63. The van der Waals surface area contributed by atoms with Crippen molar-refractivity contribution in [2.24, 2.45) is 0 Å². The van der Waals surface area contributed by atoms with Crippen LogP contribution in [0.3, 0.4) is 0 Å². The first-order valence-electron chi connectivity index (χ1n) is 5.74. The number of fused-ring (bicyclic) bond motifs is 1. The minimum Gasteiger partial charge on any atom is -0.493 e. The number of anilines is 1. The highest BCUT2D eigenvalue weighted by Crippen LogP contribution is 2.41. The van der Waals surface area contributed by atoms with Crippen molar-refractivity contribution >= 4 is 5.69 Å². The standard InChI is InChI=1S/C13H19NO3/c1-8-5-11(15-2)9-6-12(16-3)13(17-4)7-10(9)14-8/h6-8,11,14H,5H2,1-4H3. The third-order valence-electron chi connectivity index (χ3n) is 3.16. The van der Waals surface area contributed by atoms with Gasteiger partial charge in [-0.05, 0) is 19.4 Å². The Kier molecular flexibility index (Phi) is 3.43. The van der Waals surface area contributed by atoms with Gasteiger partial charge < -0.3 is 19.5 Å². The molecular weight excluding hydrogens is 218 g/mol. The van der Waals surface area contributed by atoms with Crippen LogP contribution >= 0.6 is 0 Å². The average molecular weight is 237 g/mol. The van der Waals surface area contributed by atoms with Gasteiger partial charge in [-0.2, -0.15) is 0 Å². The Morgan fingerprint density at radius 1 is 1.12 bits per heavy atom. The van der Waals surface area contributed by atoms with E-state index >= 15 is 0 Å². The minimum atomic E-state index is 0.112. The maximum absolute atomic E-state index is 5.52. The highest BCUT2D eigenvalue weighted by atomic mass is 16.5. The van der Waals surface area contributed by atoms with Crippen molar-refractivity contribution in [3.63, 3.8) is 0 Å². The van der Waals surface area contributed by atoms with Crippen LogP contribution in [-0.4, -0.2) is 27.4 Å². The van der Waals surface area contributed by atoms with Gasteiger partial charge in [0.2, 0.25) is 0 Å². The number of rotatable bonds is 3. The summed E-state index contributed by atoms with van der Waals surface area (Å²) in [6.07, 6.45) is 1.07. The fraction of sp³-hybridized carbons (Fsp3) is 0.538. The fourth-order valence-corrected chi connectivity index (χ4v) is 2.28. The summed E-state index contributed by atoms with van der Waals surface area (Å²) < 4.78 is 16.1. The van der Waals surface area contributed by atoms with Gasteiger partial charge in [0.25, 0.3) is 0 Å². The number of hydrogen-bond acceptors (Lipinski definition) is 4. The average Bonchev–Trinajstić information content (AvgIpc) is 2.35. The lowest BCUT2D eigenvalue weighted by molar-refractivity contribution is 0.0891. The van der Waals surface area contributed by atoms with E-state index in [0.29, 0.717) is 6.04 Å². The molecule has 2 atom stereocenters. The lowest BCUT2D eigenvalue weighted by atomic mass is 9.95. The van der Waals surface area contributed by atoms with Gasteiger partial charge in [0.15, 0.2) is 11.5 Å². The molecule has 4 nitrogen and oxygen atoms in total. The quantitative estimate of drug-likeness (QED) is 0.877. The summed E-state index contributed by atoms with van der Waals surface area (Å²) in [5.74, 6) is 1.48. The van der Waals surface area contributed by atoms with Gasteiger partial charge in [-0.15, -0.1) is 0 Å². The van der Waals surface area contributed by atoms with Crippen molar-refractivity contribution in [3.8, 4) is 11.5 Å². The van der Waals surface area contributed by atoms with Gasteiger partial charge in [-0.25, -0.2) is 0 Å². The Morgan fingerprint density at radius 2 is 1.76 bits per heavy atom. The van der Waals surface area contributed by atoms with Crippen molar-refractivity contribution in [1.29, 1.82) is 0 Å². The van der Waals surface area contributed by atoms with E-state index in [0.717, 1.165) is 29.2 Å². The summed E-state index contributed by atoms with van der Waals surface area (Å²) in [4.78, 5) is 0. The molecule has 4 heteroatoms. The maximum atomic E-state index is 5.52. The van der Waals surface area contributed by atoms with Gasteiger partial charge in [0.05, 0.1) is 20.3 Å². The molecule has 0 fully saturated rings. The molecular formula is C13H19NO3. The summed E-state index contributed by atoms with van der Waals surface area (Å²) in [6.45, 7) is 2.14. The van der Waals surface area contributed by atoms with E-state index in [9.17, 15) is 0 Å². The van der Waals surface area contributed by atoms with E-state index in [1.165, 1.54) is 0 Å². The molecule has 0 spiro atoms. The van der Waals surface area contributed by atoms with E-state index in [1.807, 2.05) is 12.1 Å². The predicted molar refractivity (Wildman–Crippen MR) is 67.0 cm³/mol. The molecule has 94 valence electrons. The summed E-state index contributed by atoms with van der Waals surface area (Å²) in [6, 6.07) is 4.35. The molecule has 0 bridgehead atoms. The van der Waals surface area contributed by atoms with Gasteiger partial charge >= 0.3 is 0 Å². The summed E-state index contributed by atoms with van der Waals surface area (Å²) >= 11 is 0. The maximum Gasteiger partial charge on any atom is 0.162 e. The largest absolute Gasteiger partial charge is 0.493 e. The molecule has 1 aliphatic rings. The van der Waals surface area contributed by atoms with Crippen LogP contribution < -0.4 is 14.8 Å². The first kappa shape index (κ1) is 12.0. The second kappa shape index (κ2) is 4.84. The molecule has 0 aliphatic carbocycles. The van der Waals surface area contributed by atoms with Crippen LogP contribution in [0.5, 0.6) is 11.5 Å². The van der Waals surface area contributed by atoms with E-state index in [1.54, 1.807) is 21.3 Å². The van der Waals surface area contributed by atoms with Crippen molar-refractivity contribution in [1.82, 2.24) is 0 Å². The van der Waals surface area contributed by atoms with Crippen LogP contribution in [0, 0.1) is 0 Å². The summed E-state index contributed by atoms with van der Waals surface area (Å²) in [7, 11) is 5.03. The third-order valence-corrected chi connectivity index (χ3v) is 3.16. The van der Waals surface area contributed by atoms with Crippen LogP contribution in [0.4, 0.5) is 5.69 Å². The van der Waals surface area contributed by atoms with Crippen LogP contribution in [0.2, 0.25) is 0 Å². The first-order valence-corrected chi connectivity index (χ1v) is 5.74. The zero-order valence-corrected chi connectivity index (χ0v) is 10.7. The lowest BCUT2D eigenvalue weighted by Gasteiger charge is -2.31. The SMILES string of the molecule is COc1cc2c(cc1OC)C(OC)CC(C)N2. The second-order valence-electron chi connectivity index (χ2n) is 4.30. The van der Waals surface area contributed by atoms with Gasteiger partial charge in [0.1, 0.15) is 0 Å². The molecule has 1 aromatic rings. The molecule has 0 aromatic heterocycles. The normalized spacial score (nSPS) is 22.6. The molecule has 1 heterocycles. The van der Waals surface area contributed by atoms with Crippen LogP contribution in [0.25, 0.3) is 0 Å². The number of benzene rings is 1. The van der Waals surface area contributed by atoms with Crippen molar-refractivity contribution < 1.29 is 14.2 Å². The van der Waals surface area contributed by atoms with E-state index < -0.39 is 0 Å². The molecule has 1 N–H and O–H groups in total. The van der Waals surface area contributed by atoms with Crippen LogP contribution in [0.1, 0.15) is 25.0 Å². The topological polar surface area (TPSA) is 39.7 Å². The van der Waals surface area contributed by atoms with E-state index in [-0.39, 0.29) is 6.10 Å². The third kappa shape index (κ3) is 2.17. The fourth-order valence-electron chi connectivity index (χ4n) is 2.28. The second-order valence-corrected chi connectivity index (χ2v) is 4.30. The molecule has 1 aliphatic heterocycles. The lowest BCUT2D eigenvalue weighted by Crippen LogP contribution is -2.26. The number of nitrogens with one attached hydrogen (secondary N) is 1. The molecule has 2 rings (SSSR count). The molecule has 1 aromatic carbocycles. The molecule has 17 heavy (non-hydrogen) atoms. The Morgan fingerprint density at radius 3 is 2.35 bits per heavy atom. The highest BCUT2D eigenvalue weighted by Gasteiger charge is 2.26. The number of hydrogen-bond donors (Lipinski definition) is 1. The number of ether oxygens (including phenoxy) is 3. The molecule has 0 saturated carbocycles.